The second-order valence-corrected chi connectivity index (χ2v) is 5.08. The lowest BCUT2D eigenvalue weighted by molar-refractivity contribution is 0.727. The van der Waals surface area contributed by atoms with Crippen molar-refractivity contribution in [3.05, 3.63) is 15.6 Å². The number of rotatable bonds is 6. The van der Waals surface area contributed by atoms with Crippen LogP contribution in [0.5, 0.6) is 0 Å². The third-order valence-corrected chi connectivity index (χ3v) is 3.80. The molecule has 80 valence electrons. The molecule has 0 aliphatic carbocycles. The van der Waals surface area contributed by atoms with Crippen molar-refractivity contribution in [3.63, 3.8) is 0 Å². The Bertz CT molecular complexity index is 271. The smallest absolute Gasteiger partial charge is 0.103 e. The van der Waals surface area contributed by atoms with Crippen LogP contribution in [-0.4, -0.2) is 17.8 Å². The Kier molecular flexibility index (Phi) is 5.52. The van der Waals surface area contributed by atoms with Gasteiger partial charge >= 0.3 is 0 Å². The van der Waals surface area contributed by atoms with Crippen molar-refractivity contribution in [2.75, 3.05) is 12.8 Å². The highest BCUT2D eigenvalue weighted by atomic mass is 32.2. The van der Waals surface area contributed by atoms with E-state index in [9.17, 15) is 0 Å². The molecule has 0 aliphatic rings. The molecule has 0 atom stereocenters. The van der Waals surface area contributed by atoms with Crippen LogP contribution in [0.3, 0.4) is 0 Å². The zero-order valence-electron chi connectivity index (χ0n) is 9.09. The van der Waals surface area contributed by atoms with E-state index in [2.05, 4.69) is 30.4 Å². The van der Waals surface area contributed by atoms with Crippen molar-refractivity contribution < 1.29 is 0 Å². The van der Waals surface area contributed by atoms with Crippen LogP contribution in [-0.2, 0) is 18.7 Å². The first-order chi connectivity index (χ1) is 6.81. The van der Waals surface area contributed by atoms with Crippen LogP contribution < -0.4 is 5.32 Å². The van der Waals surface area contributed by atoms with Crippen LogP contribution in [0.4, 0.5) is 0 Å². The average molecular weight is 230 g/mol. The fourth-order valence-corrected chi connectivity index (χ4v) is 3.10. The number of aromatic nitrogens is 1. The molecule has 0 saturated carbocycles. The maximum Gasteiger partial charge on any atom is 0.103 e. The maximum absolute atomic E-state index is 4.63. The fourth-order valence-electron chi connectivity index (χ4n) is 1.27. The summed E-state index contributed by atoms with van der Waals surface area (Å²) in [4.78, 5) is 6.04. The van der Waals surface area contributed by atoms with Crippen LogP contribution in [0.2, 0.25) is 0 Å². The molecule has 1 rings (SSSR count). The lowest BCUT2D eigenvalue weighted by atomic mass is 10.3. The number of thioether (sulfide) groups is 1. The molecular weight excluding hydrogens is 212 g/mol. The Balaban J connectivity index is 2.69. The molecule has 1 aromatic heterocycles. The topological polar surface area (TPSA) is 24.9 Å². The minimum Gasteiger partial charge on any atom is -0.312 e. The summed E-state index contributed by atoms with van der Waals surface area (Å²) in [5.41, 5.74) is 1.28. The molecule has 4 heteroatoms. The third-order valence-electron chi connectivity index (χ3n) is 1.96. The van der Waals surface area contributed by atoms with E-state index in [1.165, 1.54) is 15.6 Å². The molecule has 14 heavy (non-hydrogen) atoms. The van der Waals surface area contributed by atoms with Crippen molar-refractivity contribution >= 4 is 23.1 Å². The van der Waals surface area contributed by atoms with Crippen molar-refractivity contribution in [3.8, 4) is 0 Å². The van der Waals surface area contributed by atoms with Gasteiger partial charge in [-0.1, -0.05) is 13.8 Å². The zero-order chi connectivity index (χ0) is 10.4. The monoisotopic (exact) mass is 230 g/mol. The summed E-state index contributed by atoms with van der Waals surface area (Å²) >= 11 is 3.69. The van der Waals surface area contributed by atoms with Crippen molar-refractivity contribution in [2.45, 2.75) is 32.6 Å². The lowest BCUT2D eigenvalue weighted by Gasteiger charge is -1.99. The van der Waals surface area contributed by atoms with E-state index < -0.39 is 0 Å². The molecular formula is C10H18N2S2. The standard InChI is InChI=1S/C10H18N2S2/c1-4-8-9(6-11-5-2)14-10(12-8)7-13-3/h11H,4-7H2,1-3H3. The number of aryl methyl sites for hydroxylation is 1. The summed E-state index contributed by atoms with van der Waals surface area (Å²) < 4.78 is 0. The van der Waals surface area contributed by atoms with Gasteiger partial charge in [-0.25, -0.2) is 4.98 Å². The highest BCUT2D eigenvalue weighted by molar-refractivity contribution is 7.97. The summed E-state index contributed by atoms with van der Waals surface area (Å²) in [5, 5.41) is 4.62. The minimum absolute atomic E-state index is 0.978. The molecule has 0 fully saturated rings. The van der Waals surface area contributed by atoms with Gasteiger partial charge in [-0.2, -0.15) is 11.8 Å². The number of nitrogens with zero attached hydrogens (tertiary/aromatic N) is 1. The van der Waals surface area contributed by atoms with E-state index in [1.54, 1.807) is 0 Å². The van der Waals surface area contributed by atoms with Crippen LogP contribution in [0.15, 0.2) is 0 Å². The molecule has 1 N–H and O–H groups in total. The molecule has 0 aliphatic heterocycles. The largest absolute Gasteiger partial charge is 0.312 e. The molecule has 0 aromatic carbocycles. The van der Waals surface area contributed by atoms with E-state index in [1.807, 2.05) is 23.1 Å². The molecule has 0 amide bonds. The third kappa shape index (κ3) is 3.26. The van der Waals surface area contributed by atoms with Gasteiger partial charge in [0, 0.05) is 17.2 Å². The first-order valence-corrected chi connectivity index (χ1v) is 7.19. The van der Waals surface area contributed by atoms with Crippen molar-refractivity contribution in [2.24, 2.45) is 0 Å². The Morgan fingerprint density at radius 2 is 2.21 bits per heavy atom. The quantitative estimate of drug-likeness (QED) is 0.813. The minimum atomic E-state index is 0.978. The predicted molar refractivity (Wildman–Crippen MR) is 66.1 cm³/mol. The Morgan fingerprint density at radius 3 is 2.79 bits per heavy atom. The second-order valence-electron chi connectivity index (χ2n) is 3.04. The predicted octanol–water partition coefficient (Wildman–Crippen LogP) is 2.68. The Hall–Kier alpha value is -0.0600. The summed E-state index contributed by atoms with van der Waals surface area (Å²) in [6.45, 7) is 6.31. The van der Waals surface area contributed by atoms with E-state index >= 15 is 0 Å². The highest BCUT2D eigenvalue weighted by Crippen LogP contribution is 2.22. The van der Waals surface area contributed by atoms with Gasteiger partial charge in [0.25, 0.3) is 0 Å². The van der Waals surface area contributed by atoms with Gasteiger partial charge in [0.1, 0.15) is 5.01 Å². The first kappa shape index (κ1) is 12.0. The molecule has 1 heterocycles. The van der Waals surface area contributed by atoms with Gasteiger partial charge < -0.3 is 5.32 Å². The molecule has 0 saturated heterocycles. The molecule has 0 bridgehead atoms. The number of hydrogen-bond donors (Lipinski definition) is 1. The van der Waals surface area contributed by atoms with E-state index in [0.29, 0.717) is 0 Å². The van der Waals surface area contributed by atoms with Crippen LogP contribution in [0.1, 0.15) is 29.4 Å². The first-order valence-electron chi connectivity index (χ1n) is 4.98. The average Bonchev–Trinajstić information content (AvgIpc) is 2.58. The Morgan fingerprint density at radius 1 is 1.43 bits per heavy atom. The number of nitrogens with one attached hydrogen (secondary N) is 1. The SMILES string of the molecule is CCNCc1sc(CSC)nc1CC. The van der Waals surface area contributed by atoms with Gasteiger partial charge in [-0.05, 0) is 19.2 Å². The van der Waals surface area contributed by atoms with E-state index in [-0.39, 0.29) is 0 Å². The van der Waals surface area contributed by atoms with Gasteiger partial charge in [-0.3, -0.25) is 0 Å². The van der Waals surface area contributed by atoms with Gasteiger partial charge in [0.05, 0.1) is 5.69 Å². The maximum atomic E-state index is 4.63. The summed E-state index contributed by atoms with van der Waals surface area (Å²) in [7, 11) is 0. The van der Waals surface area contributed by atoms with Crippen LogP contribution in [0, 0.1) is 0 Å². The number of thiazole rings is 1. The second kappa shape index (κ2) is 6.43. The molecule has 2 nitrogen and oxygen atoms in total. The van der Waals surface area contributed by atoms with E-state index in [0.717, 1.165) is 25.3 Å². The van der Waals surface area contributed by atoms with E-state index in [4.69, 9.17) is 0 Å². The summed E-state index contributed by atoms with van der Waals surface area (Å²) in [5.74, 6) is 1.05. The number of hydrogen-bond acceptors (Lipinski definition) is 4. The van der Waals surface area contributed by atoms with Gasteiger partial charge in [0.2, 0.25) is 0 Å². The van der Waals surface area contributed by atoms with Gasteiger partial charge in [0.15, 0.2) is 0 Å². The summed E-state index contributed by atoms with van der Waals surface area (Å²) in [6, 6.07) is 0. The van der Waals surface area contributed by atoms with Crippen LogP contribution >= 0.6 is 23.1 Å². The van der Waals surface area contributed by atoms with Crippen molar-refractivity contribution in [1.29, 1.82) is 0 Å². The molecule has 1 aromatic rings. The van der Waals surface area contributed by atoms with Gasteiger partial charge in [-0.15, -0.1) is 11.3 Å². The highest BCUT2D eigenvalue weighted by Gasteiger charge is 2.08. The molecule has 0 spiro atoms. The van der Waals surface area contributed by atoms with Crippen LogP contribution in [0.25, 0.3) is 0 Å². The normalized spacial score (nSPS) is 10.8. The van der Waals surface area contributed by atoms with Crippen molar-refractivity contribution in [1.82, 2.24) is 10.3 Å². The lowest BCUT2D eigenvalue weighted by Crippen LogP contribution is -2.11. The summed E-state index contributed by atoms with van der Waals surface area (Å²) in [6.07, 6.45) is 3.17. The molecule has 0 unspecified atom stereocenters. The zero-order valence-corrected chi connectivity index (χ0v) is 10.7. The fraction of sp³-hybridized carbons (Fsp3) is 0.700. The Labute approximate surface area is 94.5 Å². The molecule has 0 radical (unpaired) electrons.